The van der Waals surface area contributed by atoms with Gasteiger partial charge in [-0.05, 0) is 0 Å². The molecule has 272 valence electrons. The number of hydrogen-bond acceptors (Lipinski definition) is 0. The quantitative estimate of drug-likeness (QED) is 0.130. The molecular weight excluding hydrogens is 728 g/mol. The molecule has 0 fully saturated rings. The van der Waals surface area contributed by atoms with Crippen LogP contribution in [0.1, 0.15) is 132 Å². The molecule has 1 heteroatoms. The minimum atomic E-state index is -3.47. The summed E-state index contributed by atoms with van der Waals surface area (Å²) in [4.78, 5) is 0. The van der Waals surface area contributed by atoms with E-state index in [2.05, 4.69) is 163 Å². The van der Waals surface area contributed by atoms with Crippen LogP contribution in [-0.4, -0.2) is 0 Å². The van der Waals surface area contributed by atoms with Gasteiger partial charge < -0.3 is 0 Å². The minimum absolute atomic E-state index is 0.216. The number of rotatable bonds is 10. The molecule has 0 spiro atoms. The van der Waals surface area contributed by atoms with E-state index >= 15 is 0 Å². The van der Waals surface area contributed by atoms with Gasteiger partial charge in [-0.1, -0.05) is 0 Å². The Kier molecular flexibility index (Phi) is 9.34. The third kappa shape index (κ3) is 5.16. The first-order chi connectivity index (χ1) is 26.4. The molecule has 0 aromatic heterocycles. The molecular formula is C53H56Zr. The van der Waals surface area contributed by atoms with Crippen LogP contribution in [-0.2, 0) is 25.7 Å². The molecule has 0 radical (unpaired) electrons. The number of fused-ring (bicyclic) bond motifs is 2. The van der Waals surface area contributed by atoms with Gasteiger partial charge in [-0.25, -0.2) is 0 Å². The van der Waals surface area contributed by atoms with E-state index in [4.69, 9.17) is 0 Å². The van der Waals surface area contributed by atoms with Crippen molar-refractivity contribution in [2.24, 2.45) is 0 Å². The van der Waals surface area contributed by atoms with Gasteiger partial charge in [0.2, 0.25) is 0 Å². The molecule has 0 nitrogen and oxygen atoms in total. The molecule has 0 saturated heterocycles. The Morgan fingerprint density at radius 3 is 1.31 bits per heavy atom. The van der Waals surface area contributed by atoms with E-state index in [0.717, 1.165) is 12.8 Å². The zero-order valence-corrected chi connectivity index (χ0v) is 35.8. The number of allylic oxidation sites excluding steroid dienone is 2. The van der Waals surface area contributed by atoms with Crippen LogP contribution >= 0.6 is 0 Å². The van der Waals surface area contributed by atoms with Gasteiger partial charge >= 0.3 is 331 Å². The van der Waals surface area contributed by atoms with Crippen LogP contribution in [0.2, 0.25) is 8.26 Å². The second-order valence-corrected chi connectivity index (χ2v) is 28.4. The molecule has 54 heavy (non-hydrogen) atoms. The van der Waals surface area contributed by atoms with E-state index in [1.807, 2.05) is 0 Å². The van der Waals surface area contributed by atoms with Crippen LogP contribution in [0.25, 0.3) is 32.7 Å². The van der Waals surface area contributed by atoms with Crippen molar-refractivity contribution in [3.8, 4) is 0 Å². The fourth-order valence-electron chi connectivity index (χ4n) is 11.8. The number of hydrogen-bond donors (Lipinski definition) is 0. The molecule has 6 aromatic carbocycles. The maximum atomic E-state index is 2.61. The van der Waals surface area contributed by atoms with E-state index < -0.39 is 20.3 Å². The van der Waals surface area contributed by atoms with Crippen molar-refractivity contribution < 1.29 is 20.3 Å². The third-order valence-corrected chi connectivity index (χ3v) is 29.2. The first-order valence-corrected chi connectivity index (χ1v) is 27.4. The Morgan fingerprint density at radius 2 is 0.889 bits per heavy atom. The van der Waals surface area contributed by atoms with E-state index in [0.29, 0.717) is 7.25 Å². The van der Waals surface area contributed by atoms with E-state index in [-0.39, 0.29) is 5.41 Å². The molecule has 0 amide bonds. The Labute approximate surface area is 328 Å². The summed E-state index contributed by atoms with van der Waals surface area (Å²) in [5, 5.41) is 5.49. The molecule has 2 atom stereocenters. The Bertz CT molecular complexity index is 2300. The molecule has 3 aliphatic rings. The number of benzene rings is 6. The predicted octanol–water partition coefficient (Wildman–Crippen LogP) is 15.5. The summed E-state index contributed by atoms with van der Waals surface area (Å²) in [6.07, 6.45) is 7.41. The van der Waals surface area contributed by atoms with Gasteiger partial charge in [0.1, 0.15) is 0 Å². The van der Waals surface area contributed by atoms with Crippen LogP contribution in [0, 0.1) is 0 Å². The second kappa shape index (κ2) is 14.1. The van der Waals surface area contributed by atoms with Crippen LogP contribution in [0.15, 0.2) is 132 Å². The first kappa shape index (κ1) is 35.9. The molecule has 8 bridgehead atoms. The fourth-order valence-corrected chi connectivity index (χ4v) is 30.4. The Balaban J connectivity index is 1.48. The average molecular weight is 784 g/mol. The van der Waals surface area contributed by atoms with E-state index in [1.165, 1.54) is 77.7 Å². The molecule has 0 saturated carbocycles. The molecule has 1 heterocycles. The summed E-state index contributed by atoms with van der Waals surface area (Å²) in [5.41, 5.74) is 18.9. The molecule has 0 N–H and O–H groups in total. The summed E-state index contributed by atoms with van der Waals surface area (Å²) < 4.78 is 3.98. The summed E-state index contributed by atoms with van der Waals surface area (Å²) in [6, 6.07) is 47.7. The van der Waals surface area contributed by atoms with Gasteiger partial charge in [-0.2, -0.15) is 0 Å². The van der Waals surface area contributed by atoms with Crippen molar-refractivity contribution in [2.45, 2.75) is 101 Å². The van der Waals surface area contributed by atoms with Gasteiger partial charge in [-0.3, -0.25) is 0 Å². The maximum absolute atomic E-state index is 3.47. The third-order valence-electron chi connectivity index (χ3n) is 14.0. The Morgan fingerprint density at radius 1 is 0.481 bits per heavy atom. The predicted molar refractivity (Wildman–Crippen MR) is 230 cm³/mol. The van der Waals surface area contributed by atoms with Gasteiger partial charge in [0.25, 0.3) is 0 Å². The topological polar surface area (TPSA) is 0 Å². The zero-order valence-electron chi connectivity index (χ0n) is 33.4. The summed E-state index contributed by atoms with van der Waals surface area (Å²) in [7, 11) is 0. The number of unbranched alkanes of at least 4 members (excludes halogenated alkanes) is 2. The van der Waals surface area contributed by atoms with Crippen molar-refractivity contribution in [3.05, 3.63) is 177 Å². The van der Waals surface area contributed by atoms with Crippen molar-refractivity contribution >= 4 is 32.7 Å². The van der Waals surface area contributed by atoms with Crippen LogP contribution in [0.3, 0.4) is 0 Å². The molecule has 1 aliphatic heterocycles. The van der Waals surface area contributed by atoms with Crippen LogP contribution in [0.5, 0.6) is 0 Å². The van der Waals surface area contributed by atoms with Crippen molar-refractivity contribution in [1.29, 1.82) is 0 Å². The first-order valence-electron chi connectivity index (χ1n) is 21.1. The monoisotopic (exact) mass is 782 g/mol. The SMILES string of the molecule is CCC[CH2][Zr]1([CH2]CCC)[CH]2C(CC)=C(c3cccc4ccccc34)c3c2cccc3C(C)(C)c2cccc3c2C(c2cccc4ccccc24)=C(CC)[CH]31. The molecule has 6 aromatic rings. The molecule has 9 rings (SSSR count). The van der Waals surface area contributed by atoms with Crippen LogP contribution < -0.4 is 0 Å². The summed E-state index contributed by atoms with van der Waals surface area (Å²) in [5.74, 6) is 0. The normalized spacial score (nSPS) is 19.3. The van der Waals surface area contributed by atoms with Crippen LogP contribution in [0.4, 0.5) is 0 Å². The summed E-state index contributed by atoms with van der Waals surface area (Å²) >= 11 is -3.47. The standard InChI is InChI=1S/C45H38.2C4H9.Zr/c1-5-29-27-33-19-13-25-39(43(33)41(29)37-23-11-17-31-15-7-9-21-35(31)37)45(3,4)40-26-14-20-34-28-30(6-2)42(44(34)40)38-24-12-18-32-16-8-10-22-36(32)38;2*1-3-4-2;/h7-28H,5-6H2,1-4H3;2*1,3-4H2,2H3;. The van der Waals surface area contributed by atoms with Crippen molar-refractivity contribution in [2.75, 3.05) is 0 Å². The van der Waals surface area contributed by atoms with Crippen molar-refractivity contribution in [1.82, 2.24) is 0 Å². The second-order valence-electron chi connectivity index (χ2n) is 17.0. The fraction of sp³-hybridized carbons (Fsp3) is 0.321. The Hall–Kier alpha value is -3.80. The molecule has 2 unspecified atom stereocenters. The summed E-state index contributed by atoms with van der Waals surface area (Å²) in [6.45, 7) is 15.0. The van der Waals surface area contributed by atoms with Gasteiger partial charge in [0.05, 0.1) is 0 Å². The zero-order chi connectivity index (χ0) is 37.2. The van der Waals surface area contributed by atoms with Gasteiger partial charge in [0.15, 0.2) is 0 Å². The average Bonchev–Trinajstić information content (AvgIpc) is 3.73. The van der Waals surface area contributed by atoms with Crippen molar-refractivity contribution in [3.63, 3.8) is 0 Å². The molecule has 2 aliphatic carbocycles. The van der Waals surface area contributed by atoms with Gasteiger partial charge in [0, 0.05) is 0 Å². The van der Waals surface area contributed by atoms with E-state index in [9.17, 15) is 0 Å². The van der Waals surface area contributed by atoms with E-state index in [1.54, 1.807) is 44.5 Å². The van der Waals surface area contributed by atoms with Gasteiger partial charge in [-0.15, -0.1) is 0 Å².